The Bertz CT molecular complexity index is 908. The van der Waals surface area contributed by atoms with Crippen LogP contribution >= 0.6 is 0 Å². The number of alkyl halides is 6. The van der Waals surface area contributed by atoms with Crippen molar-refractivity contribution < 1.29 is 46.1 Å². The van der Waals surface area contributed by atoms with Gasteiger partial charge in [-0.2, -0.15) is 26.3 Å². The van der Waals surface area contributed by atoms with Crippen LogP contribution in [0.4, 0.5) is 26.3 Å². The molecule has 0 unspecified atom stereocenters. The van der Waals surface area contributed by atoms with Gasteiger partial charge in [0.25, 0.3) is 5.91 Å². The first-order valence-electron chi connectivity index (χ1n) is 8.33. The van der Waals surface area contributed by atoms with Gasteiger partial charge >= 0.3 is 18.3 Å². The van der Waals surface area contributed by atoms with E-state index in [0.717, 1.165) is 30.3 Å². The van der Waals surface area contributed by atoms with E-state index < -0.39 is 53.9 Å². The summed E-state index contributed by atoms with van der Waals surface area (Å²) in [5.41, 5.74) is -2.25. The van der Waals surface area contributed by atoms with Gasteiger partial charge in [0.05, 0.1) is 11.1 Å². The smallest absolute Gasteiger partial charge is 0.416 e. The van der Waals surface area contributed by atoms with Gasteiger partial charge in [0, 0.05) is 6.42 Å². The number of carbonyl (C=O) groups excluding carboxylic acids is 1. The molecule has 3 N–H and O–H groups in total. The highest BCUT2D eigenvalue weighted by atomic mass is 19.4. The van der Waals surface area contributed by atoms with Crippen LogP contribution in [0.25, 0.3) is 0 Å². The first-order valence-corrected chi connectivity index (χ1v) is 8.33. The van der Waals surface area contributed by atoms with Crippen LogP contribution in [0.5, 0.6) is 0 Å². The third-order valence-corrected chi connectivity index (χ3v) is 4.11. The van der Waals surface area contributed by atoms with Gasteiger partial charge in [-0.15, -0.1) is 0 Å². The average molecular weight is 435 g/mol. The number of hydrogen-bond donors (Lipinski definition) is 3. The number of benzene rings is 2. The molecule has 0 heterocycles. The molecule has 2 atom stereocenters. The van der Waals surface area contributed by atoms with Crippen molar-refractivity contribution in [3.05, 3.63) is 70.8 Å². The zero-order valence-electron chi connectivity index (χ0n) is 15.0. The molecule has 2 aromatic carbocycles. The van der Waals surface area contributed by atoms with E-state index >= 15 is 0 Å². The van der Waals surface area contributed by atoms with Crippen molar-refractivity contribution in [2.45, 2.75) is 30.9 Å². The summed E-state index contributed by atoms with van der Waals surface area (Å²) in [7, 11) is 0. The second-order valence-electron chi connectivity index (χ2n) is 6.32. The first kappa shape index (κ1) is 23.2. The first-order chi connectivity index (χ1) is 13.8. The van der Waals surface area contributed by atoms with Crippen molar-refractivity contribution in [2.24, 2.45) is 0 Å². The van der Waals surface area contributed by atoms with Crippen LogP contribution < -0.4 is 5.32 Å². The summed E-state index contributed by atoms with van der Waals surface area (Å²) in [4.78, 5) is 23.5. The zero-order chi connectivity index (χ0) is 22.7. The largest absolute Gasteiger partial charge is 0.480 e. The molecule has 0 radical (unpaired) electrons. The molecule has 2 rings (SSSR count). The number of carbonyl (C=O) groups is 2. The molecule has 0 spiro atoms. The molecule has 0 aliphatic carbocycles. The van der Waals surface area contributed by atoms with E-state index in [4.69, 9.17) is 0 Å². The van der Waals surface area contributed by atoms with Gasteiger partial charge in [-0.25, -0.2) is 4.79 Å². The predicted molar refractivity (Wildman–Crippen MR) is 91.1 cm³/mol. The maximum absolute atomic E-state index is 12.8. The summed E-state index contributed by atoms with van der Waals surface area (Å²) in [6, 6.07) is 5.17. The van der Waals surface area contributed by atoms with E-state index in [1.54, 1.807) is 0 Å². The molecule has 0 fully saturated rings. The molecule has 162 valence electrons. The summed E-state index contributed by atoms with van der Waals surface area (Å²) in [6.45, 7) is 0. The van der Waals surface area contributed by atoms with Gasteiger partial charge in [0.15, 0.2) is 6.10 Å². The SMILES string of the molecule is O=C(O)[C@@H](Cc1cccc(C(F)(F)F)c1)NC(=O)[C@H](O)c1ccc(C(F)(F)F)cc1. The molecular formula is C19H15F6NO4. The Kier molecular flexibility index (Phi) is 6.76. The van der Waals surface area contributed by atoms with Gasteiger partial charge in [0.1, 0.15) is 6.04 Å². The molecule has 0 aliphatic heterocycles. The average Bonchev–Trinajstić information content (AvgIpc) is 2.65. The zero-order valence-corrected chi connectivity index (χ0v) is 15.0. The van der Waals surface area contributed by atoms with E-state index in [0.29, 0.717) is 12.1 Å². The topological polar surface area (TPSA) is 86.6 Å². The minimum absolute atomic E-state index is 0.0263. The van der Waals surface area contributed by atoms with Gasteiger partial charge in [-0.3, -0.25) is 4.79 Å². The molecular weight excluding hydrogens is 420 g/mol. The van der Waals surface area contributed by atoms with E-state index in [2.05, 4.69) is 0 Å². The van der Waals surface area contributed by atoms with Crippen molar-refractivity contribution in [1.29, 1.82) is 0 Å². The van der Waals surface area contributed by atoms with Gasteiger partial charge < -0.3 is 15.5 Å². The molecule has 0 saturated heterocycles. The summed E-state index contributed by atoms with van der Waals surface area (Å²) >= 11 is 0. The monoisotopic (exact) mass is 435 g/mol. The summed E-state index contributed by atoms with van der Waals surface area (Å²) < 4.78 is 76.1. The molecule has 2 aromatic rings. The fraction of sp³-hybridized carbons (Fsp3) is 0.263. The number of carboxylic acids is 1. The molecule has 0 aromatic heterocycles. The van der Waals surface area contributed by atoms with Crippen LogP contribution in [-0.2, 0) is 28.4 Å². The van der Waals surface area contributed by atoms with Crippen molar-refractivity contribution in [3.63, 3.8) is 0 Å². The normalized spacial score (nSPS) is 14.1. The number of nitrogens with one attached hydrogen (secondary N) is 1. The molecule has 0 saturated carbocycles. The Hall–Kier alpha value is -3.08. The van der Waals surface area contributed by atoms with E-state index in [1.807, 2.05) is 5.32 Å². The van der Waals surface area contributed by atoms with E-state index in [-0.39, 0.29) is 11.1 Å². The molecule has 0 aliphatic rings. The third-order valence-electron chi connectivity index (χ3n) is 4.11. The maximum atomic E-state index is 12.8. The van der Waals surface area contributed by atoms with Crippen LogP contribution in [0.15, 0.2) is 48.5 Å². The minimum atomic E-state index is -4.64. The molecule has 30 heavy (non-hydrogen) atoms. The number of aliphatic carboxylic acids is 1. The lowest BCUT2D eigenvalue weighted by Gasteiger charge is -2.18. The lowest BCUT2D eigenvalue weighted by Crippen LogP contribution is -2.44. The Balaban J connectivity index is 2.13. The Morgan fingerprint density at radius 3 is 1.97 bits per heavy atom. The van der Waals surface area contributed by atoms with Crippen LogP contribution in [0.3, 0.4) is 0 Å². The van der Waals surface area contributed by atoms with Gasteiger partial charge in [-0.05, 0) is 29.3 Å². The van der Waals surface area contributed by atoms with Crippen molar-refractivity contribution in [2.75, 3.05) is 0 Å². The maximum Gasteiger partial charge on any atom is 0.416 e. The van der Waals surface area contributed by atoms with Crippen LogP contribution in [0.2, 0.25) is 0 Å². The van der Waals surface area contributed by atoms with Crippen molar-refractivity contribution in [3.8, 4) is 0 Å². The molecule has 0 bridgehead atoms. The lowest BCUT2D eigenvalue weighted by atomic mass is 10.0. The Labute approximate surface area is 165 Å². The van der Waals surface area contributed by atoms with Crippen LogP contribution in [0.1, 0.15) is 28.4 Å². The van der Waals surface area contributed by atoms with Gasteiger partial charge in [-0.1, -0.05) is 30.3 Å². The number of rotatable bonds is 6. The fourth-order valence-corrected chi connectivity index (χ4v) is 2.57. The second-order valence-corrected chi connectivity index (χ2v) is 6.32. The highest BCUT2D eigenvalue weighted by molar-refractivity contribution is 5.87. The Morgan fingerprint density at radius 1 is 0.900 bits per heavy atom. The molecule has 11 heteroatoms. The van der Waals surface area contributed by atoms with Crippen molar-refractivity contribution >= 4 is 11.9 Å². The van der Waals surface area contributed by atoms with Crippen LogP contribution in [0, 0.1) is 0 Å². The van der Waals surface area contributed by atoms with E-state index in [1.165, 1.54) is 6.07 Å². The number of aliphatic hydroxyl groups is 1. The number of hydrogen-bond acceptors (Lipinski definition) is 3. The van der Waals surface area contributed by atoms with Gasteiger partial charge in [0.2, 0.25) is 0 Å². The summed E-state index contributed by atoms with van der Waals surface area (Å²) in [5, 5.41) is 21.2. The summed E-state index contributed by atoms with van der Waals surface area (Å²) in [5.74, 6) is -2.80. The second kappa shape index (κ2) is 8.74. The number of carboxylic acid groups (broad SMARTS) is 1. The predicted octanol–water partition coefficient (Wildman–Crippen LogP) is 3.57. The third kappa shape index (κ3) is 5.96. The highest BCUT2D eigenvalue weighted by Crippen LogP contribution is 2.31. The lowest BCUT2D eigenvalue weighted by molar-refractivity contribution is -0.143. The summed E-state index contributed by atoms with van der Waals surface area (Å²) in [6.07, 6.45) is -11.7. The van der Waals surface area contributed by atoms with E-state index in [9.17, 15) is 46.1 Å². The fourth-order valence-electron chi connectivity index (χ4n) is 2.57. The number of aliphatic hydroxyl groups excluding tert-OH is 1. The minimum Gasteiger partial charge on any atom is -0.480 e. The highest BCUT2D eigenvalue weighted by Gasteiger charge is 2.32. The number of halogens is 6. The van der Waals surface area contributed by atoms with Crippen LogP contribution in [-0.4, -0.2) is 28.1 Å². The molecule has 5 nitrogen and oxygen atoms in total. The standard InChI is InChI=1S/C19H15F6NO4/c20-18(21,22)12-6-4-11(5-7-12)15(27)16(28)26-14(17(29)30)9-10-2-1-3-13(8-10)19(23,24)25/h1-8,14-15,27H,9H2,(H,26,28)(H,29,30)/t14-,15-/m1/s1. The quantitative estimate of drug-likeness (QED) is 0.606. The number of amides is 1. The Morgan fingerprint density at radius 2 is 1.47 bits per heavy atom. The molecule has 1 amide bonds. The van der Waals surface area contributed by atoms with Crippen molar-refractivity contribution in [1.82, 2.24) is 5.32 Å².